The Bertz CT molecular complexity index is 545. The Kier molecular flexibility index (Phi) is 2.75. The molecule has 0 atom stereocenters. The fourth-order valence-corrected chi connectivity index (χ4v) is 1.69. The fourth-order valence-electron chi connectivity index (χ4n) is 1.69. The van der Waals surface area contributed by atoms with Crippen molar-refractivity contribution in [1.29, 1.82) is 0 Å². The lowest BCUT2D eigenvalue weighted by molar-refractivity contribution is -0.144. The van der Waals surface area contributed by atoms with Crippen LogP contribution in [-0.2, 0) is 9.53 Å². The van der Waals surface area contributed by atoms with Crippen molar-refractivity contribution >= 4 is 22.6 Å². The third-order valence-electron chi connectivity index (χ3n) is 2.59. The van der Waals surface area contributed by atoms with E-state index >= 15 is 0 Å². The second kappa shape index (κ2) is 4.08. The van der Waals surface area contributed by atoms with Crippen molar-refractivity contribution in [2.45, 2.75) is 19.4 Å². The van der Waals surface area contributed by atoms with Gasteiger partial charge in [0.15, 0.2) is 0 Å². The molecule has 17 heavy (non-hydrogen) atoms. The van der Waals surface area contributed by atoms with Crippen LogP contribution in [0.1, 0.15) is 13.8 Å². The third-order valence-corrected chi connectivity index (χ3v) is 2.59. The number of fused-ring (bicyclic) bond motifs is 1. The molecule has 0 aliphatic rings. The molecule has 2 aromatic rings. The summed E-state index contributed by atoms with van der Waals surface area (Å²) in [5.74, 6) is -0.301. The van der Waals surface area contributed by atoms with E-state index < -0.39 is 5.54 Å². The van der Waals surface area contributed by atoms with E-state index in [0.29, 0.717) is 0 Å². The summed E-state index contributed by atoms with van der Waals surface area (Å²) >= 11 is 0. The van der Waals surface area contributed by atoms with E-state index in [1.165, 1.54) is 7.11 Å². The maximum Gasteiger partial charge on any atom is 0.330 e. The van der Waals surface area contributed by atoms with Crippen molar-refractivity contribution < 1.29 is 9.53 Å². The first-order chi connectivity index (χ1) is 8.03. The van der Waals surface area contributed by atoms with Gasteiger partial charge < -0.3 is 10.1 Å². The SMILES string of the molecule is COC(=O)C(C)(C)Nc1ccc2[nH]ncc2c1. The number of aromatic amines is 1. The number of H-pyrrole nitrogens is 1. The quantitative estimate of drug-likeness (QED) is 0.795. The number of hydrogen-bond donors (Lipinski definition) is 2. The summed E-state index contributed by atoms with van der Waals surface area (Å²) in [5.41, 5.74) is 1.06. The molecule has 0 bridgehead atoms. The molecule has 0 unspecified atom stereocenters. The summed E-state index contributed by atoms with van der Waals surface area (Å²) in [6.45, 7) is 3.55. The van der Waals surface area contributed by atoms with E-state index in [2.05, 4.69) is 15.5 Å². The first-order valence-electron chi connectivity index (χ1n) is 5.33. The second-order valence-electron chi connectivity index (χ2n) is 4.41. The first kappa shape index (κ1) is 11.4. The molecule has 90 valence electrons. The lowest BCUT2D eigenvalue weighted by Crippen LogP contribution is -2.41. The average Bonchev–Trinajstić information content (AvgIpc) is 2.74. The maximum atomic E-state index is 11.5. The predicted molar refractivity (Wildman–Crippen MR) is 65.8 cm³/mol. The van der Waals surface area contributed by atoms with Crippen LogP contribution in [0.3, 0.4) is 0 Å². The maximum absolute atomic E-state index is 11.5. The second-order valence-corrected chi connectivity index (χ2v) is 4.41. The Morgan fingerprint density at radius 2 is 2.24 bits per heavy atom. The van der Waals surface area contributed by atoms with Crippen LogP contribution in [0, 0.1) is 0 Å². The number of esters is 1. The molecule has 1 aromatic carbocycles. The molecule has 0 radical (unpaired) electrons. The zero-order valence-electron chi connectivity index (χ0n) is 10.1. The van der Waals surface area contributed by atoms with Gasteiger partial charge in [0.05, 0.1) is 18.8 Å². The predicted octanol–water partition coefficient (Wildman–Crippen LogP) is 1.93. The number of aromatic nitrogens is 2. The van der Waals surface area contributed by atoms with Gasteiger partial charge in [-0.1, -0.05) is 0 Å². The number of rotatable bonds is 3. The Labute approximate surface area is 99.2 Å². The molecule has 0 saturated heterocycles. The topological polar surface area (TPSA) is 67.0 Å². The highest BCUT2D eigenvalue weighted by atomic mass is 16.5. The molecule has 2 rings (SSSR count). The first-order valence-corrected chi connectivity index (χ1v) is 5.33. The van der Waals surface area contributed by atoms with E-state index in [4.69, 9.17) is 4.74 Å². The Balaban J connectivity index is 2.25. The van der Waals surface area contributed by atoms with Crippen LogP contribution in [0.4, 0.5) is 5.69 Å². The van der Waals surface area contributed by atoms with Gasteiger partial charge >= 0.3 is 5.97 Å². The molecule has 0 spiro atoms. The van der Waals surface area contributed by atoms with Crippen LogP contribution in [0.15, 0.2) is 24.4 Å². The van der Waals surface area contributed by atoms with Crippen molar-refractivity contribution in [2.24, 2.45) is 0 Å². The molecule has 0 amide bonds. The number of carbonyl (C=O) groups excluding carboxylic acids is 1. The average molecular weight is 233 g/mol. The van der Waals surface area contributed by atoms with E-state index in [1.807, 2.05) is 18.2 Å². The standard InChI is InChI=1S/C12H15N3O2/c1-12(2,11(16)17-3)14-9-4-5-10-8(6-9)7-13-15-10/h4-7,14H,1-3H3,(H,13,15). The molecule has 0 aliphatic heterocycles. The number of nitrogens with one attached hydrogen (secondary N) is 2. The number of hydrogen-bond acceptors (Lipinski definition) is 4. The van der Waals surface area contributed by atoms with Gasteiger partial charge in [-0.05, 0) is 32.0 Å². The molecule has 5 heteroatoms. The lowest BCUT2D eigenvalue weighted by Gasteiger charge is -2.24. The monoisotopic (exact) mass is 233 g/mol. The largest absolute Gasteiger partial charge is 0.467 e. The summed E-state index contributed by atoms with van der Waals surface area (Å²) in [4.78, 5) is 11.5. The van der Waals surface area contributed by atoms with E-state index in [-0.39, 0.29) is 5.97 Å². The van der Waals surface area contributed by atoms with Gasteiger partial charge in [0, 0.05) is 11.1 Å². The van der Waals surface area contributed by atoms with Gasteiger partial charge in [-0.3, -0.25) is 5.10 Å². The Morgan fingerprint density at radius 3 is 2.94 bits per heavy atom. The zero-order valence-corrected chi connectivity index (χ0v) is 10.1. The number of methoxy groups -OCH3 is 1. The Hall–Kier alpha value is -2.04. The number of benzene rings is 1. The van der Waals surface area contributed by atoms with Crippen molar-refractivity contribution in [2.75, 3.05) is 12.4 Å². The van der Waals surface area contributed by atoms with Crippen LogP contribution < -0.4 is 5.32 Å². The smallest absolute Gasteiger partial charge is 0.330 e. The van der Waals surface area contributed by atoms with Gasteiger partial charge in [-0.25, -0.2) is 4.79 Å². The van der Waals surface area contributed by atoms with Crippen LogP contribution in [0.25, 0.3) is 10.9 Å². The summed E-state index contributed by atoms with van der Waals surface area (Å²) < 4.78 is 4.74. The van der Waals surface area contributed by atoms with Crippen molar-refractivity contribution in [3.63, 3.8) is 0 Å². The molecular weight excluding hydrogens is 218 g/mol. The molecule has 1 heterocycles. The van der Waals surface area contributed by atoms with Crippen molar-refractivity contribution in [3.05, 3.63) is 24.4 Å². The summed E-state index contributed by atoms with van der Waals surface area (Å²) in [6.07, 6.45) is 1.74. The lowest BCUT2D eigenvalue weighted by atomic mass is 10.1. The number of nitrogens with zero attached hydrogens (tertiary/aromatic N) is 1. The van der Waals surface area contributed by atoms with Crippen LogP contribution >= 0.6 is 0 Å². The van der Waals surface area contributed by atoms with Crippen LogP contribution in [-0.4, -0.2) is 28.8 Å². The van der Waals surface area contributed by atoms with Gasteiger partial charge in [0.1, 0.15) is 5.54 Å². The van der Waals surface area contributed by atoms with E-state index in [1.54, 1.807) is 20.0 Å². The minimum atomic E-state index is -0.758. The van der Waals surface area contributed by atoms with Gasteiger partial charge in [0.2, 0.25) is 0 Å². The minimum Gasteiger partial charge on any atom is -0.467 e. The molecule has 5 nitrogen and oxygen atoms in total. The molecule has 0 fully saturated rings. The highest BCUT2D eigenvalue weighted by Crippen LogP contribution is 2.20. The van der Waals surface area contributed by atoms with E-state index in [0.717, 1.165) is 16.6 Å². The van der Waals surface area contributed by atoms with Crippen LogP contribution in [0.2, 0.25) is 0 Å². The Morgan fingerprint density at radius 1 is 1.47 bits per heavy atom. The highest BCUT2D eigenvalue weighted by molar-refractivity contribution is 5.86. The van der Waals surface area contributed by atoms with Crippen LogP contribution in [0.5, 0.6) is 0 Å². The number of ether oxygens (including phenoxy) is 1. The third kappa shape index (κ3) is 2.22. The van der Waals surface area contributed by atoms with Gasteiger partial charge in [-0.15, -0.1) is 0 Å². The fraction of sp³-hybridized carbons (Fsp3) is 0.333. The highest BCUT2D eigenvalue weighted by Gasteiger charge is 2.28. The zero-order chi connectivity index (χ0) is 12.5. The molecular formula is C12H15N3O2. The van der Waals surface area contributed by atoms with Crippen molar-refractivity contribution in [3.8, 4) is 0 Å². The summed E-state index contributed by atoms with van der Waals surface area (Å²) in [7, 11) is 1.38. The molecule has 2 N–H and O–H groups in total. The molecule has 1 aromatic heterocycles. The number of anilines is 1. The van der Waals surface area contributed by atoms with Gasteiger partial charge in [-0.2, -0.15) is 5.10 Å². The molecule has 0 saturated carbocycles. The number of carbonyl (C=O) groups is 1. The van der Waals surface area contributed by atoms with E-state index in [9.17, 15) is 4.79 Å². The minimum absolute atomic E-state index is 0.301. The van der Waals surface area contributed by atoms with Gasteiger partial charge in [0.25, 0.3) is 0 Å². The summed E-state index contributed by atoms with van der Waals surface area (Å²) in [6, 6.07) is 5.74. The normalized spacial score (nSPS) is 11.5. The van der Waals surface area contributed by atoms with Crippen molar-refractivity contribution in [1.82, 2.24) is 10.2 Å². The molecule has 0 aliphatic carbocycles. The summed E-state index contributed by atoms with van der Waals surface area (Å²) in [5, 5.41) is 11.0.